The molecule has 1 aliphatic heterocycles. The number of carbonyl (C=O) groups is 1. The van der Waals surface area contributed by atoms with Gasteiger partial charge < -0.3 is 9.64 Å². The molecule has 0 aromatic heterocycles. The molecule has 0 aliphatic carbocycles. The fraction of sp³-hybridized carbons (Fsp3) is 0.381. The number of nitrogens with zero attached hydrogens (tertiary/aromatic N) is 2. The molecule has 162 valence electrons. The number of sulfonamides is 1. The van der Waals surface area contributed by atoms with Crippen molar-refractivity contribution < 1.29 is 22.3 Å². The second kappa shape index (κ2) is 9.76. The number of rotatable bonds is 7. The van der Waals surface area contributed by atoms with Gasteiger partial charge in [-0.3, -0.25) is 4.79 Å². The maximum Gasteiger partial charge on any atom is 0.245 e. The number of carbonyl (C=O) groups excluding carboxylic acids is 1. The summed E-state index contributed by atoms with van der Waals surface area (Å²) in [5, 5.41) is 0.623. The maximum atomic E-state index is 13.9. The minimum Gasteiger partial charge on any atom is -0.492 e. The van der Waals surface area contributed by atoms with Gasteiger partial charge in [0.05, 0.1) is 6.54 Å². The third-order valence-corrected chi connectivity index (χ3v) is 7.33. The van der Waals surface area contributed by atoms with E-state index in [1.54, 1.807) is 36.2 Å². The van der Waals surface area contributed by atoms with Crippen molar-refractivity contribution in [3.63, 3.8) is 0 Å². The molecule has 3 rings (SSSR count). The molecule has 1 amide bonds. The van der Waals surface area contributed by atoms with Crippen molar-refractivity contribution >= 4 is 27.5 Å². The number of hydrogen-bond donors (Lipinski definition) is 0. The van der Waals surface area contributed by atoms with Crippen LogP contribution in [0.3, 0.4) is 0 Å². The first-order chi connectivity index (χ1) is 14.3. The lowest BCUT2D eigenvalue weighted by Crippen LogP contribution is -2.44. The molecular weight excluding hydrogens is 431 g/mol. The molecule has 0 atom stereocenters. The highest BCUT2D eigenvalue weighted by Crippen LogP contribution is 2.26. The fourth-order valence-corrected chi connectivity index (χ4v) is 5.05. The molecule has 30 heavy (non-hydrogen) atoms. The molecule has 0 saturated carbocycles. The van der Waals surface area contributed by atoms with E-state index in [9.17, 15) is 17.6 Å². The van der Waals surface area contributed by atoms with Crippen LogP contribution in [0.5, 0.6) is 5.75 Å². The van der Waals surface area contributed by atoms with Crippen molar-refractivity contribution in [2.75, 3.05) is 33.3 Å². The first-order valence-electron chi connectivity index (χ1n) is 9.67. The van der Waals surface area contributed by atoms with E-state index in [1.165, 1.54) is 22.5 Å². The zero-order chi connectivity index (χ0) is 21.7. The number of halogens is 2. The quantitative estimate of drug-likeness (QED) is 0.643. The molecule has 1 saturated heterocycles. The van der Waals surface area contributed by atoms with Gasteiger partial charge in [-0.05, 0) is 49.2 Å². The Hall–Kier alpha value is -2.16. The third kappa shape index (κ3) is 5.30. The van der Waals surface area contributed by atoms with Crippen LogP contribution in [0.25, 0.3) is 0 Å². The highest BCUT2D eigenvalue weighted by molar-refractivity contribution is 7.89. The van der Waals surface area contributed by atoms with Crippen LogP contribution in [0.1, 0.15) is 12.8 Å². The molecular formula is C21H24ClFN2O4S. The van der Waals surface area contributed by atoms with E-state index in [4.69, 9.17) is 16.3 Å². The van der Waals surface area contributed by atoms with E-state index in [0.717, 1.165) is 6.07 Å². The summed E-state index contributed by atoms with van der Waals surface area (Å²) in [5.74, 6) is -0.404. The molecule has 2 aromatic rings. The number of piperidine rings is 1. The van der Waals surface area contributed by atoms with Crippen LogP contribution in [0.2, 0.25) is 5.02 Å². The van der Waals surface area contributed by atoms with Crippen LogP contribution in [0.15, 0.2) is 53.4 Å². The lowest BCUT2D eigenvalue weighted by molar-refractivity contribution is -0.135. The van der Waals surface area contributed by atoms with E-state index in [-0.39, 0.29) is 29.8 Å². The van der Waals surface area contributed by atoms with Crippen molar-refractivity contribution in [2.24, 2.45) is 5.92 Å². The molecule has 0 unspecified atom stereocenters. The third-order valence-electron chi connectivity index (χ3n) is 5.14. The summed E-state index contributed by atoms with van der Waals surface area (Å²) < 4.78 is 46.2. The average Bonchev–Trinajstić information content (AvgIpc) is 2.75. The van der Waals surface area contributed by atoms with Gasteiger partial charge in [-0.25, -0.2) is 12.8 Å². The zero-order valence-corrected chi connectivity index (χ0v) is 18.2. The van der Waals surface area contributed by atoms with Gasteiger partial charge in [0.2, 0.25) is 15.9 Å². The molecule has 1 heterocycles. The van der Waals surface area contributed by atoms with E-state index in [2.05, 4.69) is 0 Å². The maximum absolute atomic E-state index is 13.9. The molecule has 2 aromatic carbocycles. The van der Waals surface area contributed by atoms with Crippen LogP contribution >= 0.6 is 11.6 Å². The van der Waals surface area contributed by atoms with Gasteiger partial charge in [-0.15, -0.1) is 0 Å². The molecule has 0 spiro atoms. The molecule has 1 fully saturated rings. The topological polar surface area (TPSA) is 66.9 Å². The van der Waals surface area contributed by atoms with E-state index >= 15 is 0 Å². The highest BCUT2D eigenvalue weighted by Gasteiger charge is 2.34. The van der Waals surface area contributed by atoms with Gasteiger partial charge in [0.1, 0.15) is 23.1 Å². The Labute approximate surface area is 181 Å². The van der Waals surface area contributed by atoms with Crippen LogP contribution in [-0.2, 0) is 14.8 Å². The second-order valence-electron chi connectivity index (χ2n) is 7.17. The summed E-state index contributed by atoms with van der Waals surface area (Å²) in [7, 11) is -2.20. The summed E-state index contributed by atoms with van der Waals surface area (Å²) in [6, 6.07) is 12.3. The van der Waals surface area contributed by atoms with Gasteiger partial charge in [0.25, 0.3) is 0 Å². The molecule has 0 bridgehead atoms. The van der Waals surface area contributed by atoms with Crippen molar-refractivity contribution in [3.8, 4) is 5.75 Å². The van der Waals surface area contributed by atoms with E-state index in [1.807, 2.05) is 0 Å². The lowest BCUT2D eigenvalue weighted by Gasteiger charge is -2.32. The van der Waals surface area contributed by atoms with Crippen molar-refractivity contribution in [1.29, 1.82) is 0 Å². The molecule has 0 radical (unpaired) electrons. The monoisotopic (exact) mass is 454 g/mol. The van der Waals surface area contributed by atoms with Crippen molar-refractivity contribution in [2.45, 2.75) is 17.7 Å². The molecule has 6 nitrogen and oxygen atoms in total. The van der Waals surface area contributed by atoms with Gasteiger partial charge in [0, 0.05) is 31.1 Å². The number of hydrogen-bond acceptors (Lipinski definition) is 4. The van der Waals surface area contributed by atoms with Crippen LogP contribution < -0.4 is 4.74 Å². The van der Waals surface area contributed by atoms with Crippen molar-refractivity contribution in [3.05, 3.63) is 59.4 Å². The summed E-state index contributed by atoms with van der Waals surface area (Å²) in [4.78, 5) is 14.0. The Morgan fingerprint density at radius 3 is 2.43 bits per heavy atom. The van der Waals surface area contributed by atoms with Gasteiger partial charge >= 0.3 is 0 Å². The van der Waals surface area contributed by atoms with Gasteiger partial charge in [0.15, 0.2) is 0 Å². The Morgan fingerprint density at radius 1 is 1.17 bits per heavy atom. The minimum absolute atomic E-state index is 0.0438. The SMILES string of the molecule is CN(CCOc1ccc(Cl)cc1)C(=O)C1CCN(S(=O)(=O)c2ccccc2F)CC1. The smallest absolute Gasteiger partial charge is 0.245 e. The van der Waals surface area contributed by atoms with Crippen LogP contribution in [0, 0.1) is 11.7 Å². The number of amides is 1. The summed E-state index contributed by atoms with van der Waals surface area (Å²) in [5.41, 5.74) is 0. The van der Waals surface area contributed by atoms with Crippen LogP contribution in [0.4, 0.5) is 4.39 Å². The minimum atomic E-state index is -3.91. The van der Waals surface area contributed by atoms with Crippen molar-refractivity contribution in [1.82, 2.24) is 9.21 Å². The second-order valence-corrected chi connectivity index (χ2v) is 9.51. The summed E-state index contributed by atoms with van der Waals surface area (Å²) in [6.45, 7) is 1.12. The fourth-order valence-electron chi connectivity index (χ4n) is 3.39. The van der Waals surface area contributed by atoms with Gasteiger partial charge in [-0.2, -0.15) is 4.31 Å². The Bertz CT molecular complexity index is 977. The first kappa shape index (κ1) is 22.5. The van der Waals surface area contributed by atoms with Crippen LogP contribution in [-0.4, -0.2) is 56.8 Å². The summed E-state index contributed by atoms with van der Waals surface area (Å²) >= 11 is 5.84. The largest absolute Gasteiger partial charge is 0.492 e. The lowest BCUT2D eigenvalue weighted by atomic mass is 9.97. The molecule has 1 aliphatic rings. The summed E-state index contributed by atoms with van der Waals surface area (Å²) in [6.07, 6.45) is 0.795. The molecule has 0 N–H and O–H groups in total. The Morgan fingerprint density at radius 2 is 1.80 bits per heavy atom. The predicted octanol–water partition coefficient (Wildman–Crippen LogP) is 3.42. The zero-order valence-electron chi connectivity index (χ0n) is 16.6. The number of likely N-dealkylation sites (N-methyl/N-ethyl adjacent to an activating group) is 1. The number of benzene rings is 2. The van der Waals surface area contributed by atoms with Gasteiger partial charge in [-0.1, -0.05) is 23.7 Å². The predicted molar refractivity (Wildman–Crippen MR) is 112 cm³/mol. The average molecular weight is 455 g/mol. The van der Waals surface area contributed by atoms with E-state index < -0.39 is 15.8 Å². The normalized spacial score (nSPS) is 15.7. The highest BCUT2D eigenvalue weighted by atomic mass is 35.5. The Balaban J connectivity index is 1.49. The molecule has 9 heteroatoms. The number of ether oxygens (including phenoxy) is 1. The first-order valence-corrected chi connectivity index (χ1v) is 11.5. The van der Waals surface area contributed by atoms with E-state index in [0.29, 0.717) is 36.8 Å². The standard InChI is InChI=1S/C21H24ClFN2O4S/c1-24(14-15-29-18-8-6-17(22)7-9-18)21(26)16-10-12-25(13-11-16)30(27,28)20-5-3-2-4-19(20)23/h2-9,16H,10-15H2,1H3. The Kier molecular flexibility index (Phi) is 7.33.